The number of rotatable bonds is 2. The van der Waals surface area contributed by atoms with Gasteiger partial charge in [-0.3, -0.25) is 10.1 Å². The normalized spacial score (nSPS) is 40.9. The monoisotopic (exact) mass is 207 g/mol. The summed E-state index contributed by atoms with van der Waals surface area (Å²) in [5.74, 6) is 1.18. The van der Waals surface area contributed by atoms with Crippen LogP contribution in [0, 0.1) is 11.3 Å². The van der Waals surface area contributed by atoms with Gasteiger partial charge in [-0.1, -0.05) is 0 Å². The molecule has 3 saturated heterocycles. The van der Waals surface area contributed by atoms with Crippen molar-refractivity contribution < 1.29 is 4.79 Å². The molecule has 0 unspecified atom stereocenters. The molecule has 4 aliphatic rings. The molecule has 2 atom stereocenters. The van der Waals surface area contributed by atoms with Crippen LogP contribution in [-0.4, -0.2) is 49.1 Å². The highest BCUT2D eigenvalue weighted by Gasteiger charge is 2.56. The highest BCUT2D eigenvalue weighted by atomic mass is 16.2. The number of amides is 1. The molecule has 0 bridgehead atoms. The summed E-state index contributed by atoms with van der Waals surface area (Å²) in [5.41, 5.74) is 0.472. The first-order chi connectivity index (χ1) is 7.27. The Morgan fingerprint density at radius 2 is 2.00 bits per heavy atom. The number of hydrogen-bond acceptors (Lipinski definition) is 3. The third-order valence-corrected chi connectivity index (χ3v) is 4.38. The molecule has 0 aromatic heterocycles. The van der Waals surface area contributed by atoms with Crippen LogP contribution < -0.4 is 10.6 Å². The van der Waals surface area contributed by atoms with Crippen molar-refractivity contribution in [2.75, 3.05) is 26.2 Å². The molecule has 3 heterocycles. The molecule has 4 nitrogen and oxygen atoms in total. The molecule has 1 amide bonds. The van der Waals surface area contributed by atoms with Crippen molar-refractivity contribution in [3.63, 3.8) is 0 Å². The predicted molar refractivity (Wildman–Crippen MR) is 55.3 cm³/mol. The summed E-state index contributed by atoms with van der Waals surface area (Å²) in [7, 11) is 0. The molecule has 4 rings (SSSR count). The van der Waals surface area contributed by atoms with Gasteiger partial charge in [0.2, 0.25) is 5.91 Å². The number of carbonyl (C=O) groups excluding carboxylic acids is 1. The summed E-state index contributed by atoms with van der Waals surface area (Å²) in [6.45, 7) is 4.21. The molecule has 1 saturated carbocycles. The summed E-state index contributed by atoms with van der Waals surface area (Å²) in [5, 5.41) is 6.63. The molecule has 15 heavy (non-hydrogen) atoms. The minimum atomic E-state index is 0.183. The largest absolute Gasteiger partial charge is 0.340 e. The van der Waals surface area contributed by atoms with Gasteiger partial charge >= 0.3 is 0 Å². The van der Waals surface area contributed by atoms with Gasteiger partial charge in [-0.25, -0.2) is 0 Å². The van der Waals surface area contributed by atoms with E-state index in [1.54, 1.807) is 0 Å². The van der Waals surface area contributed by atoms with Crippen LogP contribution in [0.4, 0.5) is 0 Å². The van der Waals surface area contributed by atoms with Crippen LogP contribution in [0.3, 0.4) is 0 Å². The SMILES string of the molecule is O=C([C@@H]1N[C@H]1C1CC1)N1CC2(CNC2)C1. The fourth-order valence-corrected chi connectivity index (χ4v) is 3.06. The zero-order valence-electron chi connectivity index (χ0n) is 8.83. The maximum atomic E-state index is 12.0. The van der Waals surface area contributed by atoms with Gasteiger partial charge in [0.1, 0.15) is 6.04 Å². The Balaban J connectivity index is 1.33. The Kier molecular flexibility index (Phi) is 1.45. The van der Waals surface area contributed by atoms with Gasteiger partial charge < -0.3 is 10.2 Å². The minimum absolute atomic E-state index is 0.183. The number of likely N-dealkylation sites (tertiary alicyclic amines) is 1. The van der Waals surface area contributed by atoms with Crippen LogP contribution in [0.15, 0.2) is 0 Å². The molecule has 4 fully saturated rings. The summed E-state index contributed by atoms with van der Waals surface area (Å²) in [6.07, 6.45) is 2.66. The Hall–Kier alpha value is -0.610. The zero-order valence-corrected chi connectivity index (χ0v) is 8.83. The fraction of sp³-hybridized carbons (Fsp3) is 0.909. The first-order valence-corrected chi connectivity index (χ1v) is 6.03. The minimum Gasteiger partial charge on any atom is -0.340 e. The Labute approximate surface area is 89.4 Å². The van der Waals surface area contributed by atoms with E-state index in [4.69, 9.17) is 0 Å². The number of hydrogen-bond donors (Lipinski definition) is 2. The topological polar surface area (TPSA) is 54.3 Å². The number of nitrogens with one attached hydrogen (secondary N) is 2. The van der Waals surface area contributed by atoms with E-state index in [1.165, 1.54) is 12.8 Å². The van der Waals surface area contributed by atoms with Crippen molar-refractivity contribution >= 4 is 5.91 Å². The smallest absolute Gasteiger partial charge is 0.241 e. The molecular weight excluding hydrogens is 190 g/mol. The summed E-state index contributed by atoms with van der Waals surface area (Å²) < 4.78 is 0. The van der Waals surface area contributed by atoms with Crippen molar-refractivity contribution in [1.82, 2.24) is 15.5 Å². The van der Waals surface area contributed by atoms with Gasteiger partial charge in [-0.2, -0.15) is 0 Å². The molecule has 1 aliphatic carbocycles. The standard InChI is InChI=1S/C11H17N3O/c15-10(9-8(13-9)7-1-2-7)14-5-11(6-14)3-12-4-11/h7-9,12-13H,1-6H2/t8-,9+/m0/s1. The van der Waals surface area contributed by atoms with Crippen molar-refractivity contribution in [2.24, 2.45) is 11.3 Å². The van der Waals surface area contributed by atoms with Crippen LogP contribution in [0.25, 0.3) is 0 Å². The zero-order chi connectivity index (χ0) is 10.0. The summed E-state index contributed by atoms with van der Waals surface area (Å²) in [4.78, 5) is 14.0. The average molecular weight is 207 g/mol. The van der Waals surface area contributed by atoms with Crippen molar-refractivity contribution in [3.05, 3.63) is 0 Å². The van der Waals surface area contributed by atoms with Gasteiger partial charge in [0.15, 0.2) is 0 Å². The van der Waals surface area contributed by atoms with E-state index >= 15 is 0 Å². The van der Waals surface area contributed by atoms with E-state index in [1.807, 2.05) is 4.90 Å². The van der Waals surface area contributed by atoms with Gasteiger partial charge in [-0.15, -0.1) is 0 Å². The van der Waals surface area contributed by atoms with Crippen LogP contribution >= 0.6 is 0 Å². The first kappa shape index (κ1) is 8.53. The molecule has 1 spiro atoms. The molecule has 3 aliphatic heterocycles. The fourth-order valence-electron chi connectivity index (χ4n) is 3.06. The van der Waals surface area contributed by atoms with Crippen molar-refractivity contribution in [3.8, 4) is 0 Å². The molecule has 0 aromatic rings. The lowest BCUT2D eigenvalue weighted by atomic mass is 9.74. The van der Waals surface area contributed by atoms with E-state index in [2.05, 4.69) is 10.6 Å². The highest BCUT2D eigenvalue weighted by Crippen LogP contribution is 2.41. The van der Waals surface area contributed by atoms with E-state index in [0.29, 0.717) is 17.4 Å². The van der Waals surface area contributed by atoms with E-state index < -0.39 is 0 Å². The number of nitrogens with zero attached hydrogens (tertiary/aromatic N) is 1. The van der Waals surface area contributed by atoms with Crippen LogP contribution in [0.2, 0.25) is 0 Å². The maximum absolute atomic E-state index is 12.0. The Morgan fingerprint density at radius 3 is 2.53 bits per heavy atom. The lowest BCUT2D eigenvalue weighted by Gasteiger charge is -2.56. The van der Waals surface area contributed by atoms with Crippen LogP contribution in [0.5, 0.6) is 0 Å². The lowest BCUT2D eigenvalue weighted by molar-refractivity contribution is -0.146. The van der Waals surface area contributed by atoms with E-state index in [0.717, 1.165) is 32.1 Å². The second-order valence-corrected chi connectivity index (χ2v) is 5.81. The molecule has 4 heteroatoms. The second kappa shape index (κ2) is 2.55. The summed E-state index contributed by atoms with van der Waals surface area (Å²) >= 11 is 0. The lowest BCUT2D eigenvalue weighted by Crippen LogP contribution is -2.72. The van der Waals surface area contributed by atoms with E-state index in [9.17, 15) is 4.79 Å². The molecular formula is C11H17N3O. The second-order valence-electron chi connectivity index (χ2n) is 5.81. The Bertz CT molecular complexity index is 314. The first-order valence-electron chi connectivity index (χ1n) is 6.03. The number of carbonyl (C=O) groups is 1. The van der Waals surface area contributed by atoms with Gasteiger partial charge in [-0.05, 0) is 18.8 Å². The van der Waals surface area contributed by atoms with Crippen molar-refractivity contribution in [1.29, 1.82) is 0 Å². The third-order valence-electron chi connectivity index (χ3n) is 4.38. The molecule has 0 aromatic carbocycles. The average Bonchev–Trinajstić information content (AvgIpc) is 2.93. The Morgan fingerprint density at radius 1 is 1.27 bits per heavy atom. The quantitative estimate of drug-likeness (QED) is 0.581. The summed E-state index contributed by atoms with van der Waals surface area (Å²) in [6, 6.07) is 0.719. The predicted octanol–water partition coefficient (Wildman–Crippen LogP) is -0.831. The molecule has 0 radical (unpaired) electrons. The van der Waals surface area contributed by atoms with Crippen LogP contribution in [-0.2, 0) is 4.79 Å². The molecule has 82 valence electrons. The third kappa shape index (κ3) is 1.18. The van der Waals surface area contributed by atoms with E-state index in [-0.39, 0.29) is 6.04 Å². The van der Waals surface area contributed by atoms with Gasteiger partial charge in [0.25, 0.3) is 0 Å². The van der Waals surface area contributed by atoms with Gasteiger partial charge in [0, 0.05) is 37.6 Å². The van der Waals surface area contributed by atoms with Crippen molar-refractivity contribution in [2.45, 2.75) is 24.9 Å². The maximum Gasteiger partial charge on any atom is 0.241 e. The van der Waals surface area contributed by atoms with Gasteiger partial charge in [0.05, 0.1) is 0 Å². The van der Waals surface area contributed by atoms with Crippen LogP contribution in [0.1, 0.15) is 12.8 Å². The molecule has 2 N–H and O–H groups in total. The highest BCUT2D eigenvalue weighted by molar-refractivity contribution is 5.86.